The van der Waals surface area contributed by atoms with Crippen LogP contribution >= 0.6 is 11.6 Å². The third-order valence-electron chi connectivity index (χ3n) is 5.57. The number of halogens is 1. The van der Waals surface area contributed by atoms with Crippen molar-refractivity contribution in [3.8, 4) is 0 Å². The molecular weight excluding hydrogens is 398 g/mol. The van der Waals surface area contributed by atoms with Gasteiger partial charge in [0.2, 0.25) is 5.91 Å². The van der Waals surface area contributed by atoms with Crippen molar-refractivity contribution in [3.63, 3.8) is 0 Å². The predicted octanol–water partition coefficient (Wildman–Crippen LogP) is 3.74. The van der Waals surface area contributed by atoms with Crippen LogP contribution in [0, 0.1) is 0 Å². The molecule has 1 aliphatic heterocycles. The maximum Gasteiger partial charge on any atom is 0.234 e. The number of nitrogens with one attached hydrogen (secondary N) is 1. The van der Waals surface area contributed by atoms with E-state index in [1.54, 1.807) is 0 Å². The summed E-state index contributed by atoms with van der Waals surface area (Å²) in [7, 11) is 0. The average molecular weight is 430 g/mol. The molecule has 0 radical (unpaired) electrons. The summed E-state index contributed by atoms with van der Waals surface area (Å²) in [5.74, 6) is 0.00665. The van der Waals surface area contributed by atoms with Gasteiger partial charge < -0.3 is 10.1 Å². The molecule has 6 heteroatoms. The Labute approximate surface area is 185 Å². The summed E-state index contributed by atoms with van der Waals surface area (Å²) >= 11 is 6.30. The minimum absolute atomic E-state index is 0.00665. The van der Waals surface area contributed by atoms with Crippen LogP contribution in [0.1, 0.15) is 31.0 Å². The first-order chi connectivity index (χ1) is 14.5. The van der Waals surface area contributed by atoms with E-state index in [9.17, 15) is 4.79 Å². The summed E-state index contributed by atoms with van der Waals surface area (Å²) in [5, 5.41) is 3.79. The lowest BCUT2D eigenvalue weighted by Crippen LogP contribution is -2.48. The van der Waals surface area contributed by atoms with Gasteiger partial charge in [-0.3, -0.25) is 14.6 Å². The molecule has 0 aliphatic carbocycles. The summed E-state index contributed by atoms with van der Waals surface area (Å²) in [4.78, 5) is 17.6. The second-order valence-electron chi connectivity index (χ2n) is 7.96. The van der Waals surface area contributed by atoms with E-state index in [1.807, 2.05) is 49.4 Å². The lowest BCUT2D eigenvalue weighted by atomic mass is 10.1. The molecule has 1 saturated heterocycles. The van der Waals surface area contributed by atoms with Gasteiger partial charge in [0.05, 0.1) is 25.8 Å². The molecule has 1 aliphatic rings. The second-order valence-corrected chi connectivity index (χ2v) is 8.37. The number of carbonyl (C=O) groups excluding carboxylic acids is 1. The summed E-state index contributed by atoms with van der Waals surface area (Å²) in [6.07, 6.45) is 0. The van der Waals surface area contributed by atoms with Crippen LogP contribution in [-0.2, 0) is 16.1 Å². The minimum Gasteiger partial charge on any atom is -0.379 e. The maximum absolute atomic E-state index is 12.9. The maximum atomic E-state index is 12.9. The number of ether oxygens (including phenoxy) is 1. The molecule has 2 aromatic rings. The number of nitrogens with zero attached hydrogens (tertiary/aromatic N) is 2. The van der Waals surface area contributed by atoms with Crippen molar-refractivity contribution in [1.29, 1.82) is 0 Å². The number of carbonyl (C=O) groups is 1. The van der Waals surface area contributed by atoms with Gasteiger partial charge in [-0.1, -0.05) is 60.1 Å². The van der Waals surface area contributed by atoms with Crippen molar-refractivity contribution < 1.29 is 9.53 Å². The Morgan fingerprint density at radius 1 is 1.10 bits per heavy atom. The normalized spacial score (nSPS) is 16.9. The Bertz CT molecular complexity index is 796. The van der Waals surface area contributed by atoms with E-state index in [1.165, 1.54) is 5.56 Å². The van der Waals surface area contributed by atoms with Crippen molar-refractivity contribution in [2.45, 2.75) is 32.5 Å². The molecule has 2 aromatic carbocycles. The highest BCUT2D eigenvalue weighted by atomic mass is 35.5. The fourth-order valence-corrected chi connectivity index (χ4v) is 4.13. The molecule has 30 heavy (non-hydrogen) atoms. The van der Waals surface area contributed by atoms with Crippen LogP contribution in [-0.4, -0.2) is 61.1 Å². The molecule has 2 unspecified atom stereocenters. The number of morpholine rings is 1. The van der Waals surface area contributed by atoms with Crippen molar-refractivity contribution in [2.75, 3.05) is 39.4 Å². The van der Waals surface area contributed by atoms with Crippen LogP contribution in [0.3, 0.4) is 0 Å². The largest absolute Gasteiger partial charge is 0.379 e. The molecule has 1 heterocycles. The van der Waals surface area contributed by atoms with E-state index in [2.05, 4.69) is 34.2 Å². The average Bonchev–Trinajstić information content (AvgIpc) is 2.75. The first kappa shape index (κ1) is 22.8. The fraction of sp³-hybridized carbons (Fsp3) is 0.458. The lowest BCUT2D eigenvalue weighted by Gasteiger charge is -2.35. The zero-order valence-corrected chi connectivity index (χ0v) is 18.6. The molecule has 3 rings (SSSR count). The van der Waals surface area contributed by atoms with Crippen molar-refractivity contribution >= 4 is 17.5 Å². The molecule has 1 fully saturated rings. The summed E-state index contributed by atoms with van der Waals surface area (Å²) in [6, 6.07) is 18.1. The first-order valence-corrected chi connectivity index (χ1v) is 11.0. The molecule has 1 N–H and O–H groups in total. The first-order valence-electron chi connectivity index (χ1n) is 10.6. The van der Waals surface area contributed by atoms with Gasteiger partial charge >= 0.3 is 0 Å². The van der Waals surface area contributed by atoms with Crippen LogP contribution in [0.2, 0.25) is 5.02 Å². The highest BCUT2D eigenvalue weighted by Crippen LogP contribution is 2.22. The third-order valence-corrected chi connectivity index (χ3v) is 5.92. The number of benzene rings is 2. The Morgan fingerprint density at radius 3 is 2.47 bits per heavy atom. The van der Waals surface area contributed by atoms with Gasteiger partial charge in [0.15, 0.2) is 0 Å². The van der Waals surface area contributed by atoms with Crippen LogP contribution in [0.25, 0.3) is 0 Å². The molecule has 0 spiro atoms. The number of hydrogen-bond donors (Lipinski definition) is 1. The van der Waals surface area contributed by atoms with E-state index in [4.69, 9.17) is 16.3 Å². The molecule has 0 bridgehead atoms. The zero-order valence-electron chi connectivity index (χ0n) is 17.9. The van der Waals surface area contributed by atoms with Crippen LogP contribution in [0.15, 0.2) is 54.6 Å². The molecule has 5 nitrogen and oxygen atoms in total. The van der Waals surface area contributed by atoms with E-state index in [0.29, 0.717) is 11.6 Å². The van der Waals surface area contributed by atoms with Crippen molar-refractivity contribution in [2.24, 2.45) is 0 Å². The monoisotopic (exact) mass is 429 g/mol. The Morgan fingerprint density at radius 2 is 1.77 bits per heavy atom. The highest BCUT2D eigenvalue weighted by Gasteiger charge is 2.22. The predicted molar refractivity (Wildman–Crippen MR) is 122 cm³/mol. The van der Waals surface area contributed by atoms with Gasteiger partial charge in [-0.15, -0.1) is 0 Å². The molecule has 0 saturated carbocycles. The van der Waals surface area contributed by atoms with Gasteiger partial charge in [0.25, 0.3) is 0 Å². The summed E-state index contributed by atoms with van der Waals surface area (Å²) < 4.78 is 5.47. The van der Waals surface area contributed by atoms with Gasteiger partial charge in [-0.05, 0) is 31.0 Å². The second kappa shape index (κ2) is 11.5. The smallest absolute Gasteiger partial charge is 0.234 e. The van der Waals surface area contributed by atoms with Gasteiger partial charge in [-0.2, -0.15) is 0 Å². The molecule has 2 atom stereocenters. The van der Waals surface area contributed by atoms with E-state index in [0.717, 1.165) is 45.0 Å². The fourth-order valence-electron chi connectivity index (χ4n) is 3.83. The Balaban J connectivity index is 1.64. The zero-order chi connectivity index (χ0) is 21.3. The third kappa shape index (κ3) is 6.81. The molecular formula is C24H32ClN3O2. The minimum atomic E-state index is -0.140. The van der Waals surface area contributed by atoms with E-state index in [-0.39, 0.29) is 18.0 Å². The topological polar surface area (TPSA) is 44.8 Å². The summed E-state index contributed by atoms with van der Waals surface area (Å²) in [6.45, 7) is 9.61. The Kier molecular flexibility index (Phi) is 8.70. The van der Waals surface area contributed by atoms with E-state index >= 15 is 0 Å². The van der Waals surface area contributed by atoms with Gasteiger partial charge in [0.1, 0.15) is 0 Å². The number of rotatable bonds is 9. The molecule has 1 amide bonds. The van der Waals surface area contributed by atoms with Crippen molar-refractivity contribution in [3.05, 3.63) is 70.7 Å². The van der Waals surface area contributed by atoms with Crippen molar-refractivity contribution in [1.82, 2.24) is 15.1 Å². The molecule has 0 aromatic heterocycles. The lowest BCUT2D eigenvalue weighted by molar-refractivity contribution is -0.123. The quantitative estimate of drug-likeness (QED) is 0.659. The Hall–Kier alpha value is -1.92. The SMILES string of the molecule is CC(NC(=O)CN(Cc1ccccc1)C(C)CN1CCOCC1)c1ccccc1Cl. The van der Waals surface area contributed by atoms with E-state index < -0.39 is 0 Å². The van der Waals surface area contributed by atoms with Crippen LogP contribution < -0.4 is 5.32 Å². The number of hydrogen-bond acceptors (Lipinski definition) is 4. The van der Waals surface area contributed by atoms with Gasteiger partial charge in [-0.25, -0.2) is 0 Å². The van der Waals surface area contributed by atoms with Gasteiger partial charge in [0, 0.05) is 37.2 Å². The van der Waals surface area contributed by atoms with Crippen LogP contribution in [0.4, 0.5) is 0 Å². The summed E-state index contributed by atoms with van der Waals surface area (Å²) in [5.41, 5.74) is 2.14. The molecule has 162 valence electrons. The number of amides is 1. The standard InChI is InChI=1S/C24H32ClN3O2/c1-19(16-27-12-14-30-15-13-27)28(17-21-8-4-3-5-9-21)18-24(29)26-20(2)22-10-6-7-11-23(22)25/h3-11,19-20H,12-18H2,1-2H3,(H,26,29). The van der Waals surface area contributed by atoms with Crippen LogP contribution in [0.5, 0.6) is 0 Å². The highest BCUT2D eigenvalue weighted by molar-refractivity contribution is 6.31.